The van der Waals surface area contributed by atoms with Crippen molar-refractivity contribution in [3.8, 4) is 0 Å². The molecule has 0 aliphatic carbocycles. The summed E-state index contributed by atoms with van der Waals surface area (Å²) in [5.74, 6) is 0.660. The number of ketones is 1. The Kier molecular flexibility index (Phi) is 8.33. The molecule has 1 unspecified atom stereocenters. The lowest BCUT2D eigenvalue weighted by atomic mass is 9.98. The third kappa shape index (κ3) is 6.82. The maximum Gasteiger partial charge on any atom is 0.138 e. The summed E-state index contributed by atoms with van der Waals surface area (Å²) in [6.45, 7) is 3.71. The van der Waals surface area contributed by atoms with Gasteiger partial charge in [-0.25, -0.2) is 0 Å². The molecule has 0 aromatic heterocycles. The molecule has 100 valence electrons. The van der Waals surface area contributed by atoms with E-state index in [1.165, 1.54) is 44.9 Å². The first kappa shape index (κ1) is 14.7. The first-order valence-electron chi connectivity index (χ1n) is 7.45. The minimum absolute atomic E-state index is 0.222. The van der Waals surface area contributed by atoms with Crippen LogP contribution in [0.2, 0.25) is 0 Å². The van der Waals surface area contributed by atoms with E-state index in [9.17, 15) is 4.79 Å². The van der Waals surface area contributed by atoms with Gasteiger partial charge < -0.3 is 4.74 Å². The fraction of sp³-hybridized carbons (Fsp3) is 0.933. The third-order valence-electron chi connectivity index (χ3n) is 3.66. The lowest BCUT2D eigenvalue weighted by molar-refractivity contribution is -0.122. The molecular weight excluding hydrogens is 212 g/mol. The predicted molar refractivity (Wildman–Crippen MR) is 71.2 cm³/mol. The summed E-state index contributed by atoms with van der Waals surface area (Å²) in [5, 5.41) is 0. The second-order valence-corrected chi connectivity index (χ2v) is 5.25. The van der Waals surface area contributed by atoms with Crippen molar-refractivity contribution in [3.05, 3.63) is 0 Å². The van der Waals surface area contributed by atoms with E-state index in [2.05, 4.69) is 6.92 Å². The van der Waals surface area contributed by atoms with E-state index in [0.29, 0.717) is 12.4 Å². The van der Waals surface area contributed by atoms with Crippen LogP contribution in [-0.2, 0) is 9.53 Å². The second-order valence-electron chi connectivity index (χ2n) is 5.25. The van der Waals surface area contributed by atoms with Gasteiger partial charge >= 0.3 is 0 Å². The summed E-state index contributed by atoms with van der Waals surface area (Å²) in [7, 11) is 0. The van der Waals surface area contributed by atoms with Crippen LogP contribution < -0.4 is 0 Å². The largest absolute Gasteiger partial charge is 0.381 e. The van der Waals surface area contributed by atoms with Crippen LogP contribution in [-0.4, -0.2) is 19.0 Å². The molecule has 0 aromatic carbocycles. The number of carbonyl (C=O) groups excluding carboxylic acids is 1. The van der Waals surface area contributed by atoms with Gasteiger partial charge in [0.15, 0.2) is 0 Å². The Hall–Kier alpha value is -0.370. The monoisotopic (exact) mass is 240 g/mol. The van der Waals surface area contributed by atoms with Crippen molar-refractivity contribution in [3.63, 3.8) is 0 Å². The highest BCUT2D eigenvalue weighted by atomic mass is 16.5. The predicted octanol–water partition coefficient (Wildman–Crippen LogP) is 4.12. The lowest BCUT2D eigenvalue weighted by Gasteiger charge is -2.06. The normalized spacial score (nSPS) is 19.7. The summed E-state index contributed by atoms with van der Waals surface area (Å²) in [5.41, 5.74) is 0. The van der Waals surface area contributed by atoms with Gasteiger partial charge in [-0.3, -0.25) is 4.79 Å². The summed E-state index contributed by atoms with van der Waals surface area (Å²) >= 11 is 0. The fourth-order valence-electron chi connectivity index (χ4n) is 2.43. The molecule has 1 saturated heterocycles. The molecule has 1 rings (SSSR count). The average Bonchev–Trinajstić information content (AvgIpc) is 2.86. The smallest absolute Gasteiger partial charge is 0.138 e. The molecule has 0 aromatic rings. The number of ether oxygens (including phenoxy) is 1. The zero-order chi connectivity index (χ0) is 12.3. The van der Waals surface area contributed by atoms with E-state index in [1.807, 2.05) is 0 Å². The molecule has 1 fully saturated rings. The van der Waals surface area contributed by atoms with E-state index in [4.69, 9.17) is 4.74 Å². The molecule has 17 heavy (non-hydrogen) atoms. The molecule has 1 heterocycles. The summed E-state index contributed by atoms with van der Waals surface area (Å²) in [6.07, 6.45) is 12.2. The Morgan fingerprint density at radius 3 is 2.29 bits per heavy atom. The van der Waals surface area contributed by atoms with Crippen molar-refractivity contribution < 1.29 is 9.53 Å². The molecule has 1 aliphatic rings. The van der Waals surface area contributed by atoms with E-state index in [0.717, 1.165) is 25.9 Å². The Morgan fingerprint density at radius 1 is 1.06 bits per heavy atom. The zero-order valence-electron chi connectivity index (χ0n) is 11.4. The van der Waals surface area contributed by atoms with Gasteiger partial charge in [-0.15, -0.1) is 0 Å². The van der Waals surface area contributed by atoms with Crippen LogP contribution in [0.1, 0.15) is 71.1 Å². The second kappa shape index (κ2) is 9.64. The van der Waals surface area contributed by atoms with Crippen molar-refractivity contribution in [1.82, 2.24) is 0 Å². The van der Waals surface area contributed by atoms with Crippen molar-refractivity contribution in [2.45, 2.75) is 71.1 Å². The van der Waals surface area contributed by atoms with E-state index in [-0.39, 0.29) is 5.92 Å². The van der Waals surface area contributed by atoms with Gasteiger partial charge in [-0.1, -0.05) is 51.9 Å². The van der Waals surface area contributed by atoms with Crippen LogP contribution in [0.4, 0.5) is 0 Å². The number of rotatable bonds is 10. The van der Waals surface area contributed by atoms with Crippen molar-refractivity contribution in [2.75, 3.05) is 13.2 Å². The van der Waals surface area contributed by atoms with Crippen LogP contribution in [0.3, 0.4) is 0 Å². The summed E-state index contributed by atoms with van der Waals surface area (Å²) < 4.78 is 5.24. The van der Waals surface area contributed by atoms with Crippen molar-refractivity contribution in [2.24, 2.45) is 5.92 Å². The van der Waals surface area contributed by atoms with Gasteiger partial charge in [0.2, 0.25) is 0 Å². The molecule has 0 spiro atoms. The molecule has 0 saturated carbocycles. The van der Waals surface area contributed by atoms with Crippen LogP contribution in [0.25, 0.3) is 0 Å². The van der Waals surface area contributed by atoms with Crippen molar-refractivity contribution in [1.29, 1.82) is 0 Å². The molecule has 0 bridgehead atoms. The average molecular weight is 240 g/mol. The van der Waals surface area contributed by atoms with Gasteiger partial charge in [0.05, 0.1) is 6.61 Å². The number of hydrogen-bond acceptors (Lipinski definition) is 2. The van der Waals surface area contributed by atoms with E-state index >= 15 is 0 Å². The zero-order valence-corrected chi connectivity index (χ0v) is 11.4. The maximum absolute atomic E-state index is 11.7. The van der Waals surface area contributed by atoms with Crippen LogP contribution >= 0.6 is 0 Å². The quantitative estimate of drug-likeness (QED) is 0.537. The number of Topliss-reactive ketones (excluding diaryl/α,β-unsaturated/α-hetero) is 1. The van der Waals surface area contributed by atoms with Crippen LogP contribution in [0.15, 0.2) is 0 Å². The highest BCUT2D eigenvalue weighted by Gasteiger charge is 2.22. The number of hydrogen-bond donors (Lipinski definition) is 0. The standard InChI is InChI=1S/C15H28O2/c1-2-3-4-5-6-7-8-9-10-15(16)14-11-12-17-13-14/h14H,2-13H2,1H3. The highest BCUT2D eigenvalue weighted by Crippen LogP contribution is 2.17. The summed E-state index contributed by atoms with van der Waals surface area (Å²) in [6, 6.07) is 0. The molecule has 2 nitrogen and oxygen atoms in total. The maximum atomic E-state index is 11.7. The minimum Gasteiger partial charge on any atom is -0.381 e. The first-order chi connectivity index (χ1) is 8.34. The van der Waals surface area contributed by atoms with Gasteiger partial charge in [-0.2, -0.15) is 0 Å². The molecule has 0 amide bonds. The SMILES string of the molecule is CCCCCCCCCCC(=O)C1CCOC1. The molecule has 0 radical (unpaired) electrons. The first-order valence-corrected chi connectivity index (χ1v) is 7.45. The van der Waals surface area contributed by atoms with Gasteiger partial charge in [0, 0.05) is 18.9 Å². The third-order valence-corrected chi connectivity index (χ3v) is 3.66. The number of carbonyl (C=O) groups is 1. The Bertz CT molecular complexity index is 195. The molecule has 2 heteroatoms. The van der Waals surface area contributed by atoms with E-state index < -0.39 is 0 Å². The summed E-state index contributed by atoms with van der Waals surface area (Å²) in [4.78, 5) is 11.7. The molecule has 1 atom stereocenters. The fourth-order valence-corrected chi connectivity index (χ4v) is 2.43. The number of unbranched alkanes of at least 4 members (excludes halogenated alkanes) is 7. The molecule has 1 aliphatic heterocycles. The highest BCUT2D eigenvalue weighted by molar-refractivity contribution is 5.81. The Labute approximate surface area is 106 Å². The Morgan fingerprint density at radius 2 is 1.71 bits per heavy atom. The van der Waals surface area contributed by atoms with E-state index in [1.54, 1.807) is 0 Å². The lowest BCUT2D eigenvalue weighted by Crippen LogP contribution is -2.13. The van der Waals surface area contributed by atoms with Gasteiger partial charge in [0.1, 0.15) is 5.78 Å². The van der Waals surface area contributed by atoms with Crippen molar-refractivity contribution >= 4 is 5.78 Å². The van der Waals surface area contributed by atoms with Crippen LogP contribution in [0, 0.1) is 5.92 Å². The minimum atomic E-state index is 0.222. The topological polar surface area (TPSA) is 26.3 Å². The molecule has 0 N–H and O–H groups in total. The molecular formula is C15H28O2. The Balaban J connectivity index is 1.85. The van der Waals surface area contributed by atoms with Gasteiger partial charge in [0.25, 0.3) is 0 Å². The van der Waals surface area contributed by atoms with Gasteiger partial charge in [-0.05, 0) is 12.8 Å². The van der Waals surface area contributed by atoms with Crippen LogP contribution in [0.5, 0.6) is 0 Å².